The van der Waals surface area contributed by atoms with Crippen molar-refractivity contribution < 1.29 is 25.6 Å². The summed E-state index contributed by atoms with van der Waals surface area (Å²) < 4.78 is 72.5. The third-order valence-electron chi connectivity index (χ3n) is 3.96. The number of hydrogen-bond acceptors (Lipinski definition) is 5. The Kier molecular flexibility index (Phi) is 6.04. The van der Waals surface area contributed by atoms with E-state index in [2.05, 4.69) is 20.7 Å². The molecule has 0 aliphatic heterocycles. The van der Waals surface area contributed by atoms with Gasteiger partial charge >= 0.3 is 0 Å². The molecular formula is C18H15BrFNO5S2. The molecule has 0 bridgehead atoms. The van der Waals surface area contributed by atoms with Gasteiger partial charge in [0.25, 0.3) is 0 Å². The van der Waals surface area contributed by atoms with Gasteiger partial charge in [0.1, 0.15) is 16.8 Å². The van der Waals surface area contributed by atoms with Crippen LogP contribution in [0.4, 0.5) is 4.39 Å². The summed E-state index contributed by atoms with van der Waals surface area (Å²) in [4.78, 5) is -0.147. The van der Waals surface area contributed by atoms with Crippen LogP contribution in [0.1, 0.15) is 11.0 Å². The van der Waals surface area contributed by atoms with Gasteiger partial charge < -0.3 is 4.42 Å². The fourth-order valence-corrected chi connectivity index (χ4v) is 5.51. The number of benzene rings is 2. The van der Waals surface area contributed by atoms with E-state index in [0.29, 0.717) is 4.47 Å². The summed E-state index contributed by atoms with van der Waals surface area (Å²) in [5.41, 5.74) is 0. The lowest BCUT2D eigenvalue weighted by Gasteiger charge is -2.17. The van der Waals surface area contributed by atoms with E-state index in [1.54, 1.807) is 12.1 Å². The molecule has 1 heterocycles. The van der Waals surface area contributed by atoms with E-state index in [1.165, 1.54) is 30.5 Å². The highest BCUT2D eigenvalue weighted by atomic mass is 79.9. The van der Waals surface area contributed by atoms with Crippen LogP contribution in [0.15, 0.2) is 85.6 Å². The summed E-state index contributed by atoms with van der Waals surface area (Å²) in [6.07, 6.45) is 1.30. The number of sulfonamides is 1. The van der Waals surface area contributed by atoms with Crippen molar-refractivity contribution in [3.8, 4) is 0 Å². The highest BCUT2D eigenvalue weighted by molar-refractivity contribution is 9.10. The molecule has 3 rings (SSSR count). The van der Waals surface area contributed by atoms with E-state index in [-0.39, 0.29) is 15.6 Å². The molecule has 3 aromatic rings. The number of halogens is 2. The first-order valence-electron chi connectivity index (χ1n) is 7.98. The van der Waals surface area contributed by atoms with E-state index < -0.39 is 37.5 Å². The summed E-state index contributed by atoms with van der Waals surface area (Å²) in [6.45, 7) is -0.453. The fraction of sp³-hybridized carbons (Fsp3) is 0.111. The number of nitrogens with one attached hydrogen (secondary N) is 1. The van der Waals surface area contributed by atoms with Gasteiger partial charge in [-0.25, -0.2) is 25.9 Å². The van der Waals surface area contributed by atoms with Crippen LogP contribution >= 0.6 is 15.9 Å². The van der Waals surface area contributed by atoms with E-state index in [9.17, 15) is 21.2 Å². The number of sulfone groups is 1. The van der Waals surface area contributed by atoms with Crippen LogP contribution in [0.3, 0.4) is 0 Å². The first kappa shape index (κ1) is 20.7. The molecule has 0 amide bonds. The predicted molar refractivity (Wildman–Crippen MR) is 104 cm³/mol. The Labute approximate surface area is 170 Å². The largest absolute Gasteiger partial charge is 0.468 e. The molecule has 2 aromatic carbocycles. The third kappa shape index (κ3) is 4.52. The number of hydrogen-bond donors (Lipinski definition) is 1. The van der Waals surface area contributed by atoms with Crippen molar-refractivity contribution in [1.82, 2.24) is 4.72 Å². The number of furan rings is 1. The topological polar surface area (TPSA) is 93.4 Å². The molecule has 148 valence electrons. The Morgan fingerprint density at radius 2 is 1.54 bits per heavy atom. The molecule has 0 saturated heterocycles. The Morgan fingerprint density at radius 3 is 2.11 bits per heavy atom. The zero-order chi connectivity index (χ0) is 20.4. The van der Waals surface area contributed by atoms with Crippen LogP contribution in [0.25, 0.3) is 0 Å². The molecule has 0 radical (unpaired) electrons. The minimum absolute atomic E-state index is 0.00641. The smallest absolute Gasteiger partial charge is 0.240 e. The second-order valence-corrected chi connectivity index (χ2v) is 10.6. The van der Waals surface area contributed by atoms with Crippen LogP contribution in [0.2, 0.25) is 0 Å². The van der Waals surface area contributed by atoms with Gasteiger partial charge in [-0.1, -0.05) is 15.9 Å². The molecule has 0 unspecified atom stereocenters. The average molecular weight is 488 g/mol. The molecular weight excluding hydrogens is 473 g/mol. The lowest BCUT2D eigenvalue weighted by atomic mass is 10.3. The van der Waals surface area contributed by atoms with Crippen molar-refractivity contribution in [2.24, 2.45) is 0 Å². The normalized spacial score (nSPS) is 13.4. The van der Waals surface area contributed by atoms with Crippen LogP contribution in [0, 0.1) is 5.82 Å². The highest BCUT2D eigenvalue weighted by Gasteiger charge is 2.33. The van der Waals surface area contributed by atoms with Crippen molar-refractivity contribution >= 4 is 35.8 Å². The Morgan fingerprint density at radius 1 is 0.929 bits per heavy atom. The van der Waals surface area contributed by atoms with Gasteiger partial charge in [-0.2, -0.15) is 0 Å². The van der Waals surface area contributed by atoms with E-state index in [0.717, 1.165) is 24.3 Å². The fourth-order valence-electron chi connectivity index (χ4n) is 2.51. The van der Waals surface area contributed by atoms with Gasteiger partial charge in [-0.15, -0.1) is 0 Å². The molecule has 1 N–H and O–H groups in total. The second kappa shape index (κ2) is 8.16. The van der Waals surface area contributed by atoms with Crippen molar-refractivity contribution in [2.45, 2.75) is 15.0 Å². The monoisotopic (exact) mass is 487 g/mol. The molecule has 0 spiro atoms. The Bertz CT molecular complexity index is 1140. The van der Waals surface area contributed by atoms with Crippen molar-refractivity contribution in [3.05, 3.63) is 83.0 Å². The summed E-state index contributed by atoms with van der Waals surface area (Å²) in [7, 11) is -8.00. The summed E-state index contributed by atoms with van der Waals surface area (Å²) in [5.74, 6) is -0.507. The molecule has 28 heavy (non-hydrogen) atoms. The summed E-state index contributed by atoms with van der Waals surface area (Å²) in [6, 6.07) is 13.2. The SMILES string of the molecule is O=S(=O)(NC[C@@H](c1ccco1)S(=O)(=O)c1ccc(F)cc1)c1ccc(Br)cc1. The molecule has 10 heteroatoms. The maximum absolute atomic E-state index is 13.2. The van der Waals surface area contributed by atoms with Gasteiger partial charge in [-0.05, 0) is 60.7 Å². The number of rotatable bonds is 7. The zero-order valence-electron chi connectivity index (χ0n) is 14.2. The van der Waals surface area contributed by atoms with Crippen LogP contribution < -0.4 is 4.72 Å². The molecule has 6 nitrogen and oxygen atoms in total. The average Bonchev–Trinajstić information content (AvgIpc) is 3.16. The maximum atomic E-state index is 13.2. The van der Waals surface area contributed by atoms with Gasteiger partial charge in [0, 0.05) is 11.0 Å². The quantitative estimate of drug-likeness (QED) is 0.513. The lowest BCUT2D eigenvalue weighted by molar-refractivity contribution is 0.486. The summed E-state index contributed by atoms with van der Waals surface area (Å²) in [5, 5.41) is -1.32. The highest BCUT2D eigenvalue weighted by Crippen LogP contribution is 2.29. The van der Waals surface area contributed by atoms with Crippen LogP contribution in [0.5, 0.6) is 0 Å². The Balaban J connectivity index is 1.91. The predicted octanol–water partition coefficient (Wildman–Crippen LogP) is 3.67. The van der Waals surface area contributed by atoms with E-state index >= 15 is 0 Å². The van der Waals surface area contributed by atoms with Gasteiger partial charge in [-0.3, -0.25) is 0 Å². The van der Waals surface area contributed by atoms with Gasteiger partial charge in [0.05, 0.1) is 16.1 Å². The van der Waals surface area contributed by atoms with Gasteiger partial charge in [0.15, 0.2) is 9.84 Å². The third-order valence-corrected chi connectivity index (χ3v) is 8.01. The minimum atomic E-state index is -4.05. The molecule has 0 aliphatic carbocycles. The molecule has 1 aromatic heterocycles. The first-order chi connectivity index (χ1) is 13.2. The van der Waals surface area contributed by atoms with Gasteiger partial charge in [0.2, 0.25) is 10.0 Å². The maximum Gasteiger partial charge on any atom is 0.240 e. The molecule has 1 atom stereocenters. The second-order valence-electron chi connectivity index (χ2n) is 5.81. The van der Waals surface area contributed by atoms with Crippen LogP contribution in [-0.2, 0) is 19.9 Å². The van der Waals surface area contributed by atoms with E-state index in [1.807, 2.05) is 0 Å². The zero-order valence-corrected chi connectivity index (χ0v) is 17.5. The summed E-state index contributed by atoms with van der Waals surface area (Å²) >= 11 is 3.22. The first-order valence-corrected chi connectivity index (χ1v) is 11.8. The lowest BCUT2D eigenvalue weighted by Crippen LogP contribution is -2.31. The van der Waals surface area contributed by atoms with E-state index in [4.69, 9.17) is 4.42 Å². The van der Waals surface area contributed by atoms with Crippen molar-refractivity contribution in [2.75, 3.05) is 6.54 Å². The standard InChI is InChI=1S/C18H15BrFNO5S2/c19-13-3-7-16(8-4-13)28(24,25)21-12-18(17-2-1-11-26-17)27(22,23)15-9-5-14(20)6-10-15/h1-11,18,21H,12H2/t18-/m0/s1. The minimum Gasteiger partial charge on any atom is -0.468 e. The molecule has 0 saturated carbocycles. The molecule has 0 fully saturated rings. The van der Waals surface area contributed by atoms with Crippen molar-refractivity contribution in [3.63, 3.8) is 0 Å². The molecule has 0 aliphatic rings. The van der Waals surface area contributed by atoms with Crippen molar-refractivity contribution in [1.29, 1.82) is 0 Å². The van der Waals surface area contributed by atoms with Crippen LogP contribution in [-0.4, -0.2) is 23.4 Å². The Hall–Kier alpha value is -2.01.